The minimum atomic E-state index is -0.310. The second kappa shape index (κ2) is 4.93. The Bertz CT molecular complexity index is 15.9. The fourth-order valence-electron chi connectivity index (χ4n) is 0.221. The second-order valence-electron chi connectivity index (χ2n) is 1.09. The molecule has 0 aliphatic rings. The Morgan fingerprint density at radius 2 is 2.33 bits per heavy atom. The van der Waals surface area contributed by atoms with Crippen LogP contribution < -0.4 is 0 Å². The van der Waals surface area contributed by atoms with Gasteiger partial charge in [0.2, 0.25) is 0 Å². The summed E-state index contributed by atoms with van der Waals surface area (Å²) < 4.78 is 11.1. The monoisotopic (exact) mass is 88.1 g/mol. The molecule has 1 heteroatoms. The average Bonchev–Trinajstić information content (AvgIpc) is 1.61. The highest BCUT2D eigenvalue weighted by molar-refractivity contribution is 4.61. The lowest BCUT2D eigenvalue weighted by Crippen LogP contribution is -1.74. The quantitative estimate of drug-likeness (QED) is 0.461. The van der Waals surface area contributed by atoms with Gasteiger partial charge in [-0.3, -0.25) is 4.39 Å². The summed E-state index contributed by atoms with van der Waals surface area (Å²) in [7, 11) is 0. The van der Waals surface area contributed by atoms with Crippen molar-refractivity contribution in [3.8, 4) is 0 Å². The standard InChI is InChI=1S/C5H9F/c1-2-3-4-5-6/h4H,1-3,5H2. The van der Waals surface area contributed by atoms with Crippen LogP contribution in [0.25, 0.3) is 0 Å². The van der Waals surface area contributed by atoms with Gasteiger partial charge < -0.3 is 0 Å². The first kappa shape index (κ1) is 5.93. The molecule has 0 spiro atoms. The van der Waals surface area contributed by atoms with Crippen molar-refractivity contribution in [2.45, 2.75) is 12.8 Å². The predicted molar refractivity (Wildman–Crippen MR) is 24.9 cm³/mol. The molecule has 0 N–H and O–H groups in total. The van der Waals surface area contributed by atoms with Gasteiger partial charge in [0.05, 0.1) is 6.67 Å². The lowest BCUT2D eigenvalue weighted by molar-refractivity contribution is 0.527. The first-order chi connectivity index (χ1) is 2.91. The molecule has 0 aromatic heterocycles. The van der Waals surface area contributed by atoms with Gasteiger partial charge >= 0.3 is 0 Å². The molecule has 36 valence electrons. The van der Waals surface area contributed by atoms with E-state index in [0.29, 0.717) is 0 Å². The number of unbranched alkanes of at least 4 members (excludes halogenated alkanes) is 2. The fraction of sp³-hybridized carbons (Fsp3) is 0.600. The molecule has 0 rings (SSSR count). The molecule has 6 heavy (non-hydrogen) atoms. The second-order valence-corrected chi connectivity index (χ2v) is 1.09. The summed E-state index contributed by atoms with van der Waals surface area (Å²) in [5.41, 5.74) is 0. The van der Waals surface area contributed by atoms with Crippen LogP contribution in [0.2, 0.25) is 0 Å². The third kappa shape index (κ3) is 3.93. The molecule has 0 bridgehead atoms. The van der Waals surface area contributed by atoms with Crippen LogP contribution in [0.4, 0.5) is 4.39 Å². The molecular weight excluding hydrogens is 79.1 g/mol. The highest BCUT2D eigenvalue weighted by Crippen LogP contribution is 1.89. The van der Waals surface area contributed by atoms with Crippen molar-refractivity contribution in [3.63, 3.8) is 0 Å². The van der Waals surface area contributed by atoms with Gasteiger partial charge in [-0.05, 0) is 12.8 Å². The molecule has 0 aliphatic heterocycles. The normalized spacial score (nSPS) is 9.00. The SMILES string of the molecule is [CH2]CC[CH]CF. The van der Waals surface area contributed by atoms with Gasteiger partial charge in [0.1, 0.15) is 0 Å². The highest BCUT2D eigenvalue weighted by atomic mass is 19.1. The van der Waals surface area contributed by atoms with Crippen LogP contribution in [0.3, 0.4) is 0 Å². The zero-order valence-electron chi connectivity index (χ0n) is 3.78. The molecule has 0 nitrogen and oxygen atoms in total. The Kier molecular flexibility index (Phi) is 4.87. The average molecular weight is 88.1 g/mol. The summed E-state index contributed by atoms with van der Waals surface area (Å²) in [6.07, 6.45) is 3.19. The molecule has 0 saturated heterocycles. The van der Waals surface area contributed by atoms with E-state index >= 15 is 0 Å². The maximum absolute atomic E-state index is 11.1. The molecule has 0 amide bonds. The van der Waals surface area contributed by atoms with Crippen LogP contribution in [0.1, 0.15) is 12.8 Å². The van der Waals surface area contributed by atoms with Crippen LogP contribution in [0.5, 0.6) is 0 Å². The largest absolute Gasteiger partial charge is 0.251 e. The van der Waals surface area contributed by atoms with Gasteiger partial charge in [-0.15, -0.1) is 0 Å². The van der Waals surface area contributed by atoms with Crippen molar-refractivity contribution in [1.82, 2.24) is 0 Å². The van der Waals surface area contributed by atoms with Crippen LogP contribution >= 0.6 is 0 Å². The van der Waals surface area contributed by atoms with E-state index in [0.717, 1.165) is 12.8 Å². The van der Waals surface area contributed by atoms with E-state index < -0.39 is 0 Å². The molecule has 0 atom stereocenters. The van der Waals surface area contributed by atoms with E-state index in [2.05, 4.69) is 6.92 Å². The number of rotatable bonds is 3. The Balaban J connectivity index is 2.34. The lowest BCUT2D eigenvalue weighted by Gasteiger charge is -1.83. The molecule has 0 aromatic carbocycles. The zero-order valence-corrected chi connectivity index (χ0v) is 3.78. The van der Waals surface area contributed by atoms with Gasteiger partial charge in [-0.2, -0.15) is 0 Å². The van der Waals surface area contributed by atoms with Crippen molar-refractivity contribution >= 4 is 0 Å². The topological polar surface area (TPSA) is 0 Å². The highest BCUT2D eigenvalue weighted by Gasteiger charge is 1.78. The Labute approximate surface area is 38.4 Å². The van der Waals surface area contributed by atoms with E-state index in [-0.39, 0.29) is 6.67 Å². The number of hydrogen-bond donors (Lipinski definition) is 0. The third-order valence-electron chi connectivity index (χ3n) is 0.517. The van der Waals surface area contributed by atoms with E-state index in [4.69, 9.17) is 0 Å². The van der Waals surface area contributed by atoms with Gasteiger partial charge in [-0.1, -0.05) is 13.3 Å². The fourth-order valence-corrected chi connectivity index (χ4v) is 0.221. The third-order valence-corrected chi connectivity index (χ3v) is 0.517. The molecule has 0 heterocycles. The summed E-state index contributed by atoms with van der Waals surface area (Å²) in [6.45, 7) is 3.22. The lowest BCUT2D eigenvalue weighted by atomic mass is 10.3. The summed E-state index contributed by atoms with van der Waals surface area (Å²) >= 11 is 0. The maximum Gasteiger partial charge on any atom is 0.0926 e. The Hall–Kier alpha value is -0.0700. The van der Waals surface area contributed by atoms with E-state index in [9.17, 15) is 4.39 Å². The van der Waals surface area contributed by atoms with E-state index in [1.807, 2.05) is 0 Å². The predicted octanol–water partition coefficient (Wildman–Crippen LogP) is 1.77. The van der Waals surface area contributed by atoms with Gasteiger partial charge in [0.15, 0.2) is 0 Å². The minimum absolute atomic E-state index is 0.310. The van der Waals surface area contributed by atoms with Crippen molar-refractivity contribution in [2.75, 3.05) is 6.67 Å². The van der Waals surface area contributed by atoms with Crippen LogP contribution in [0.15, 0.2) is 0 Å². The van der Waals surface area contributed by atoms with Crippen LogP contribution in [0, 0.1) is 13.3 Å². The summed E-state index contributed by atoms with van der Waals surface area (Å²) in [4.78, 5) is 0. The molecule has 0 aliphatic carbocycles. The minimum Gasteiger partial charge on any atom is -0.251 e. The molecular formula is C5H9F. The number of alkyl halides is 1. The number of halogens is 1. The number of hydrogen-bond acceptors (Lipinski definition) is 0. The van der Waals surface area contributed by atoms with E-state index in [1.54, 1.807) is 6.42 Å². The molecule has 0 unspecified atom stereocenters. The van der Waals surface area contributed by atoms with Gasteiger partial charge in [0.25, 0.3) is 0 Å². The summed E-state index contributed by atoms with van der Waals surface area (Å²) in [6, 6.07) is 0. The van der Waals surface area contributed by atoms with Crippen molar-refractivity contribution in [3.05, 3.63) is 13.3 Å². The maximum atomic E-state index is 11.1. The zero-order chi connectivity index (χ0) is 4.83. The van der Waals surface area contributed by atoms with Crippen molar-refractivity contribution in [2.24, 2.45) is 0 Å². The van der Waals surface area contributed by atoms with Crippen LogP contribution in [-0.2, 0) is 0 Å². The Morgan fingerprint density at radius 1 is 1.67 bits per heavy atom. The molecule has 0 saturated carbocycles. The first-order valence-electron chi connectivity index (χ1n) is 2.08. The van der Waals surface area contributed by atoms with E-state index in [1.165, 1.54) is 0 Å². The molecule has 0 fully saturated rings. The van der Waals surface area contributed by atoms with Crippen molar-refractivity contribution in [1.29, 1.82) is 0 Å². The first-order valence-corrected chi connectivity index (χ1v) is 2.08. The van der Waals surface area contributed by atoms with Gasteiger partial charge in [0, 0.05) is 0 Å². The Morgan fingerprint density at radius 3 is 2.50 bits per heavy atom. The van der Waals surface area contributed by atoms with Crippen molar-refractivity contribution < 1.29 is 4.39 Å². The van der Waals surface area contributed by atoms with Crippen LogP contribution in [-0.4, -0.2) is 6.67 Å². The molecule has 0 aromatic rings. The summed E-state index contributed by atoms with van der Waals surface area (Å²) in [5.74, 6) is 0. The molecule has 2 radical (unpaired) electrons. The smallest absolute Gasteiger partial charge is 0.0926 e. The van der Waals surface area contributed by atoms with Gasteiger partial charge in [-0.25, -0.2) is 0 Å². The summed E-state index contributed by atoms with van der Waals surface area (Å²) in [5, 5.41) is 0.